The third kappa shape index (κ3) is 4.23. The van der Waals surface area contributed by atoms with Gasteiger partial charge in [0.25, 0.3) is 0 Å². The van der Waals surface area contributed by atoms with Gasteiger partial charge >= 0.3 is 6.16 Å². The van der Waals surface area contributed by atoms with Crippen LogP contribution in [-0.4, -0.2) is 13.3 Å². The Labute approximate surface area is 146 Å². The number of hydrogen-bond acceptors (Lipinski definition) is 4. The van der Waals surface area contributed by atoms with Crippen molar-refractivity contribution >= 4 is 22.1 Å². The molecule has 0 bridgehead atoms. The number of aryl methyl sites for hydroxylation is 1. The average Bonchev–Trinajstić information content (AvgIpc) is 2.56. The maximum absolute atomic E-state index is 14.0. The Morgan fingerprint density at radius 1 is 1.17 bits per heavy atom. The number of hydrogen-bond donors (Lipinski definition) is 0. The minimum absolute atomic E-state index is 0.129. The van der Waals surface area contributed by atoms with Crippen molar-refractivity contribution in [2.45, 2.75) is 20.0 Å². The Hall–Kier alpha value is -2.15. The van der Waals surface area contributed by atoms with Crippen molar-refractivity contribution in [3.63, 3.8) is 0 Å². The molecule has 0 saturated carbocycles. The van der Waals surface area contributed by atoms with Crippen LogP contribution >= 0.6 is 15.9 Å². The summed E-state index contributed by atoms with van der Waals surface area (Å²) in [6, 6.07) is 7.02. The molecule has 4 nitrogen and oxygen atoms in total. The van der Waals surface area contributed by atoms with Gasteiger partial charge in [-0.25, -0.2) is 13.6 Å². The van der Waals surface area contributed by atoms with Crippen LogP contribution in [0.1, 0.15) is 18.1 Å². The zero-order valence-electron chi connectivity index (χ0n) is 13.1. The summed E-state index contributed by atoms with van der Waals surface area (Å²) in [6.07, 6.45) is -0.511. The second kappa shape index (κ2) is 8.10. The summed E-state index contributed by atoms with van der Waals surface area (Å²) < 4.78 is 43.2. The van der Waals surface area contributed by atoms with E-state index < -0.39 is 17.8 Å². The van der Waals surface area contributed by atoms with E-state index >= 15 is 0 Å². The maximum atomic E-state index is 14.0. The van der Waals surface area contributed by atoms with Crippen molar-refractivity contribution in [2.75, 3.05) is 7.11 Å². The lowest BCUT2D eigenvalue weighted by atomic mass is 10.1. The Bertz CT molecular complexity index is 750. The minimum Gasteiger partial charge on any atom is -0.486 e. The molecule has 2 rings (SSSR count). The van der Waals surface area contributed by atoms with Gasteiger partial charge in [0.2, 0.25) is 0 Å². The third-order valence-corrected chi connectivity index (χ3v) is 4.03. The maximum Gasteiger partial charge on any atom is 0.513 e. The molecule has 0 aliphatic rings. The first-order valence-corrected chi connectivity index (χ1v) is 7.89. The summed E-state index contributed by atoms with van der Waals surface area (Å²) in [5.41, 5.74) is 0.734. The van der Waals surface area contributed by atoms with E-state index in [-0.39, 0.29) is 23.7 Å². The van der Waals surface area contributed by atoms with E-state index in [1.165, 1.54) is 13.2 Å². The minimum atomic E-state index is -0.890. The van der Waals surface area contributed by atoms with E-state index in [0.29, 0.717) is 16.5 Å². The molecule has 2 aromatic carbocycles. The smallest absolute Gasteiger partial charge is 0.486 e. The Balaban J connectivity index is 2.23. The summed E-state index contributed by atoms with van der Waals surface area (Å²) in [5, 5.41) is 0. The van der Waals surface area contributed by atoms with Gasteiger partial charge in [-0.05, 0) is 30.2 Å². The normalized spacial score (nSPS) is 10.4. The number of rotatable bonds is 5. The molecule has 0 aliphatic carbocycles. The summed E-state index contributed by atoms with van der Waals surface area (Å²) in [6.45, 7) is 1.60. The molecule has 24 heavy (non-hydrogen) atoms. The lowest BCUT2D eigenvalue weighted by molar-refractivity contribution is 0.120. The van der Waals surface area contributed by atoms with Gasteiger partial charge in [-0.2, -0.15) is 0 Å². The quantitative estimate of drug-likeness (QED) is 0.522. The average molecular weight is 401 g/mol. The summed E-state index contributed by atoms with van der Waals surface area (Å²) >= 11 is 3.31. The molecule has 128 valence electrons. The lowest BCUT2D eigenvalue weighted by Crippen LogP contribution is -2.10. The van der Waals surface area contributed by atoms with Gasteiger partial charge in [-0.15, -0.1) is 0 Å². The molecule has 0 heterocycles. The highest BCUT2D eigenvalue weighted by Crippen LogP contribution is 2.30. The fourth-order valence-electron chi connectivity index (χ4n) is 2.01. The SMILES string of the molecule is CCc1cc(F)c(OCc2c(Br)cccc2OC(=O)OC)cc1F. The van der Waals surface area contributed by atoms with Crippen LogP contribution < -0.4 is 9.47 Å². The summed E-state index contributed by atoms with van der Waals surface area (Å²) in [4.78, 5) is 11.3. The van der Waals surface area contributed by atoms with Crippen molar-refractivity contribution in [2.24, 2.45) is 0 Å². The molecule has 0 unspecified atom stereocenters. The molecular formula is C17H15BrF2O4. The molecule has 0 radical (unpaired) electrons. The van der Waals surface area contributed by atoms with Crippen LogP contribution in [0.5, 0.6) is 11.5 Å². The van der Waals surface area contributed by atoms with Crippen molar-refractivity contribution in [3.8, 4) is 11.5 Å². The molecule has 0 atom stereocenters. The Morgan fingerprint density at radius 3 is 2.58 bits per heavy atom. The molecule has 0 spiro atoms. The second-order valence-electron chi connectivity index (χ2n) is 4.79. The van der Waals surface area contributed by atoms with E-state index in [4.69, 9.17) is 9.47 Å². The molecule has 2 aromatic rings. The lowest BCUT2D eigenvalue weighted by Gasteiger charge is -2.13. The number of carbonyl (C=O) groups excluding carboxylic acids is 1. The van der Waals surface area contributed by atoms with Crippen LogP contribution in [0.25, 0.3) is 0 Å². The van der Waals surface area contributed by atoms with Crippen LogP contribution in [0.15, 0.2) is 34.8 Å². The number of halogens is 3. The van der Waals surface area contributed by atoms with Gasteiger partial charge < -0.3 is 14.2 Å². The first-order valence-electron chi connectivity index (χ1n) is 7.10. The number of ether oxygens (including phenoxy) is 3. The standard InChI is InChI=1S/C17H15BrF2O4/c1-3-10-7-14(20)16(8-13(10)19)23-9-11-12(18)5-4-6-15(11)24-17(21)22-2/h4-8H,3,9H2,1-2H3. The van der Waals surface area contributed by atoms with E-state index in [0.717, 1.165) is 12.1 Å². The highest BCUT2D eigenvalue weighted by molar-refractivity contribution is 9.10. The van der Waals surface area contributed by atoms with Crippen LogP contribution in [0.2, 0.25) is 0 Å². The van der Waals surface area contributed by atoms with Crippen LogP contribution in [-0.2, 0) is 17.8 Å². The molecule has 0 aromatic heterocycles. The van der Waals surface area contributed by atoms with Gasteiger partial charge in [0.15, 0.2) is 11.6 Å². The molecule has 0 aliphatic heterocycles. The van der Waals surface area contributed by atoms with Gasteiger partial charge in [0, 0.05) is 16.1 Å². The van der Waals surface area contributed by atoms with E-state index in [1.54, 1.807) is 19.1 Å². The monoisotopic (exact) mass is 400 g/mol. The topological polar surface area (TPSA) is 44.8 Å². The number of benzene rings is 2. The molecule has 0 saturated heterocycles. The third-order valence-electron chi connectivity index (χ3n) is 3.29. The molecular weight excluding hydrogens is 386 g/mol. The van der Waals surface area contributed by atoms with Gasteiger partial charge in [0.1, 0.15) is 18.2 Å². The predicted octanol–water partition coefficient (Wildman–Crippen LogP) is 5.01. The van der Waals surface area contributed by atoms with Gasteiger partial charge in [-0.1, -0.05) is 28.9 Å². The van der Waals surface area contributed by atoms with E-state index in [2.05, 4.69) is 20.7 Å². The zero-order valence-corrected chi connectivity index (χ0v) is 14.7. The van der Waals surface area contributed by atoms with Crippen molar-refractivity contribution < 1.29 is 27.8 Å². The number of carbonyl (C=O) groups is 1. The van der Waals surface area contributed by atoms with Crippen LogP contribution in [0.4, 0.5) is 13.6 Å². The molecule has 7 heteroatoms. The largest absolute Gasteiger partial charge is 0.513 e. The van der Waals surface area contributed by atoms with Gasteiger partial charge in [0.05, 0.1) is 7.11 Å². The van der Waals surface area contributed by atoms with E-state index in [1.807, 2.05) is 0 Å². The molecule has 0 amide bonds. The first-order chi connectivity index (χ1) is 11.5. The zero-order chi connectivity index (χ0) is 17.7. The number of methoxy groups -OCH3 is 1. The summed E-state index contributed by atoms with van der Waals surface area (Å²) in [5.74, 6) is -1.21. The molecule has 0 fully saturated rings. The Kier molecular flexibility index (Phi) is 6.14. The van der Waals surface area contributed by atoms with Crippen LogP contribution in [0.3, 0.4) is 0 Å². The molecule has 0 N–H and O–H groups in total. The fraction of sp³-hybridized carbons (Fsp3) is 0.235. The second-order valence-corrected chi connectivity index (χ2v) is 5.64. The van der Waals surface area contributed by atoms with Crippen molar-refractivity contribution in [3.05, 3.63) is 57.6 Å². The van der Waals surface area contributed by atoms with Gasteiger partial charge in [-0.3, -0.25) is 0 Å². The Morgan fingerprint density at radius 2 is 1.92 bits per heavy atom. The highest BCUT2D eigenvalue weighted by Gasteiger charge is 2.15. The predicted molar refractivity (Wildman–Crippen MR) is 87.2 cm³/mol. The fourth-order valence-corrected chi connectivity index (χ4v) is 2.47. The highest BCUT2D eigenvalue weighted by atomic mass is 79.9. The van der Waals surface area contributed by atoms with Crippen LogP contribution in [0, 0.1) is 11.6 Å². The summed E-state index contributed by atoms with van der Waals surface area (Å²) in [7, 11) is 1.18. The van der Waals surface area contributed by atoms with E-state index in [9.17, 15) is 13.6 Å². The van der Waals surface area contributed by atoms with Crippen molar-refractivity contribution in [1.82, 2.24) is 0 Å². The van der Waals surface area contributed by atoms with Crippen molar-refractivity contribution in [1.29, 1.82) is 0 Å². The first kappa shape index (κ1) is 18.2.